The van der Waals surface area contributed by atoms with Crippen LogP contribution in [0.5, 0.6) is 5.75 Å². The van der Waals surface area contributed by atoms with E-state index < -0.39 is 34.5 Å². The lowest BCUT2D eigenvalue weighted by Crippen LogP contribution is -2.30. The number of nitrogens with zero attached hydrogens (tertiary/aromatic N) is 1. The Morgan fingerprint density at radius 1 is 0.925 bits per heavy atom. The number of pyridine rings is 1. The van der Waals surface area contributed by atoms with E-state index in [0.717, 1.165) is 5.56 Å². The van der Waals surface area contributed by atoms with E-state index in [4.69, 9.17) is 4.74 Å². The third-order valence-electron chi connectivity index (χ3n) is 5.99. The lowest BCUT2D eigenvalue weighted by atomic mass is 10.0. The maximum atomic E-state index is 13.5. The second-order valence-corrected chi connectivity index (χ2v) is 10.5. The van der Waals surface area contributed by atoms with E-state index >= 15 is 0 Å². The molecule has 1 aromatic heterocycles. The molecule has 3 aromatic carbocycles. The highest BCUT2D eigenvalue weighted by atomic mass is 32.2. The number of benzene rings is 3. The highest BCUT2D eigenvalue weighted by Gasteiger charge is 2.27. The molecule has 206 valence electrons. The molecule has 4 rings (SSSR count). The Morgan fingerprint density at radius 2 is 1.65 bits per heavy atom. The van der Waals surface area contributed by atoms with E-state index in [1.807, 2.05) is 0 Å². The number of urea groups is 1. The van der Waals surface area contributed by atoms with Crippen LogP contribution in [0, 0.1) is 0 Å². The number of sulfonamides is 1. The van der Waals surface area contributed by atoms with Crippen LogP contribution in [0.3, 0.4) is 0 Å². The van der Waals surface area contributed by atoms with Gasteiger partial charge >= 0.3 is 12.0 Å². The average Bonchev–Trinajstić information content (AvgIpc) is 2.96. The Morgan fingerprint density at radius 3 is 2.35 bits per heavy atom. The molecular formula is C29H28N4O6S. The average molecular weight is 561 g/mol. The van der Waals surface area contributed by atoms with Crippen molar-refractivity contribution in [2.45, 2.75) is 23.9 Å². The molecule has 1 heterocycles. The number of hydrogen-bond acceptors (Lipinski definition) is 6. The highest BCUT2D eigenvalue weighted by Crippen LogP contribution is 2.32. The molecule has 1 unspecified atom stereocenters. The number of anilines is 1. The largest absolute Gasteiger partial charge is 0.495 e. The van der Waals surface area contributed by atoms with Gasteiger partial charge in [-0.2, -0.15) is 0 Å². The fourth-order valence-electron chi connectivity index (χ4n) is 4.04. The van der Waals surface area contributed by atoms with Crippen molar-refractivity contribution in [2.75, 3.05) is 12.4 Å². The maximum absolute atomic E-state index is 13.5. The van der Waals surface area contributed by atoms with Crippen LogP contribution in [-0.2, 0) is 21.4 Å². The number of ether oxygens (including phenoxy) is 1. The van der Waals surface area contributed by atoms with E-state index in [1.165, 1.54) is 19.2 Å². The first-order valence-corrected chi connectivity index (χ1v) is 13.7. The summed E-state index contributed by atoms with van der Waals surface area (Å²) in [7, 11) is -2.86. The second-order valence-electron chi connectivity index (χ2n) is 8.79. The number of methoxy groups -OCH3 is 1. The monoisotopic (exact) mass is 560 g/mol. The summed E-state index contributed by atoms with van der Waals surface area (Å²) < 4.78 is 34.9. The first-order valence-electron chi connectivity index (χ1n) is 12.3. The van der Waals surface area contributed by atoms with Crippen molar-refractivity contribution < 1.29 is 27.9 Å². The summed E-state index contributed by atoms with van der Waals surface area (Å²) in [6, 6.07) is 22.3. The summed E-state index contributed by atoms with van der Waals surface area (Å²) in [4.78, 5) is 27.7. The van der Waals surface area contributed by atoms with Crippen LogP contribution in [0.15, 0.2) is 102 Å². The molecule has 40 heavy (non-hydrogen) atoms. The van der Waals surface area contributed by atoms with Gasteiger partial charge in [0.1, 0.15) is 10.6 Å². The van der Waals surface area contributed by atoms with Crippen LogP contribution in [0.25, 0.3) is 11.1 Å². The van der Waals surface area contributed by atoms with Crippen LogP contribution in [0.2, 0.25) is 0 Å². The number of aliphatic carboxylic acids is 1. The second kappa shape index (κ2) is 12.9. The molecule has 0 radical (unpaired) electrons. The number of hydrogen-bond donors (Lipinski definition) is 4. The molecule has 11 heteroatoms. The molecule has 0 saturated carbocycles. The fourth-order valence-corrected chi connectivity index (χ4v) is 5.46. The van der Waals surface area contributed by atoms with Crippen molar-refractivity contribution in [3.05, 3.63) is 108 Å². The van der Waals surface area contributed by atoms with E-state index in [9.17, 15) is 23.1 Å². The molecule has 4 aromatic rings. The Hall–Kier alpha value is -4.74. The number of nitrogens with one attached hydrogen (secondary N) is 3. The molecule has 0 spiro atoms. The van der Waals surface area contributed by atoms with E-state index in [2.05, 4.69) is 20.3 Å². The highest BCUT2D eigenvalue weighted by molar-refractivity contribution is 7.89. The Labute approximate surface area is 232 Å². The number of aromatic nitrogens is 1. The Kier molecular flexibility index (Phi) is 9.10. The topological polar surface area (TPSA) is 147 Å². The van der Waals surface area contributed by atoms with Crippen molar-refractivity contribution in [1.29, 1.82) is 0 Å². The minimum atomic E-state index is -4.21. The molecule has 4 N–H and O–H groups in total. The van der Waals surface area contributed by atoms with Crippen molar-refractivity contribution in [3.63, 3.8) is 0 Å². The molecular weight excluding hydrogens is 532 g/mol. The Bertz CT molecular complexity index is 1580. The van der Waals surface area contributed by atoms with E-state index in [-0.39, 0.29) is 10.6 Å². The lowest BCUT2D eigenvalue weighted by Gasteiger charge is -2.19. The quantitative estimate of drug-likeness (QED) is 0.210. The van der Waals surface area contributed by atoms with Crippen LogP contribution in [-0.4, -0.2) is 37.6 Å². The van der Waals surface area contributed by atoms with Gasteiger partial charge in [-0.1, -0.05) is 48.5 Å². The standard InChI is InChI=1S/C29H28N4O6S/c1-39-26-11-10-23(17-27(26)40(37,38)33-25(18-28(34)35)21-6-3-2-4-7-21)22-8-5-9-24(16-22)32-29(36)31-19-20-12-14-30-15-13-20/h2-17,25,33H,18-19H2,1H3,(H,34,35)(H2,31,32,36). The fraction of sp³-hybridized carbons (Fsp3) is 0.138. The summed E-state index contributed by atoms with van der Waals surface area (Å²) in [6.07, 6.45) is 2.85. The zero-order valence-electron chi connectivity index (χ0n) is 21.6. The first-order chi connectivity index (χ1) is 19.2. The van der Waals surface area contributed by atoms with Crippen LogP contribution in [0.1, 0.15) is 23.6 Å². The number of rotatable bonds is 11. The number of carbonyl (C=O) groups excluding carboxylic acids is 1. The van der Waals surface area contributed by atoms with Gasteiger partial charge in [-0.3, -0.25) is 9.78 Å². The SMILES string of the molecule is COc1ccc(-c2cccc(NC(=O)NCc3ccncc3)c2)cc1S(=O)(=O)NC(CC(=O)O)c1ccccc1. The number of carboxylic acids is 1. The molecule has 0 bridgehead atoms. The molecule has 0 aliphatic rings. The van der Waals surface area contributed by atoms with Crippen molar-refractivity contribution in [1.82, 2.24) is 15.0 Å². The van der Waals surface area contributed by atoms with Crippen LogP contribution >= 0.6 is 0 Å². The van der Waals surface area contributed by atoms with Crippen molar-refractivity contribution in [2.24, 2.45) is 0 Å². The van der Waals surface area contributed by atoms with E-state index in [0.29, 0.717) is 28.9 Å². The predicted octanol–water partition coefficient (Wildman–Crippen LogP) is 4.57. The smallest absolute Gasteiger partial charge is 0.319 e. The molecule has 1 atom stereocenters. The maximum Gasteiger partial charge on any atom is 0.319 e. The molecule has 0 aliphatic carbocycles. The van der Waals surface area contributed by atoms with Gasteiger partial charge in [-0.15, -0.1) is 0 Å². The van der Waals surface area contributed by atoms with Crippen molar-refractivity contribution in [3.8, 4) is 16.9 Å². The van der Waals surface area contributed by atoms with E-state index in [1.54, 1.807) is 85.2 Å². The van der Waals surface area contributed by atoms with Crippen LogP contribution in [0.4, 0.5) is 10.5 Å². The summed E-state index contributed by atoms with van der Waals surface area (Å²) >= 11 is 0. The van der Waals surface area contributed by atoms with Crippen LogP contribution < -0.4 is 20.1 Å². The minimum Gasteiger partial charge on any atom is -0.495 e. The van der Waals surface area contributed by atoms with Gasteiger partial charge in [-0.05, 0) is 58.7 Å². The Balaban J connectivity index is 1.57. The normalized spacial score (nSPS) is 11.8. The number of amides is 2. The summed E-state index contributed by atoms with van der Waals surface area (Å²) in [5.41, 5.74) is 3.13. The van der Waals surface area contributed by atoms with Gasteiger partial charge in [0.25, 0.3) is 0 Å². The van der Waals surface area contributed by atoms with Gasteiger partial charge < -0.3 is 20.5 Å². The molecule has 0 saturated heterocycles. The van der Waals surface area contributed by atoms with Gasteiger partial charge in [0.15, 0.2) is 0 Å². The van der Waals surface area contributed by atoms with Gasteiger partial charge in [-0.25, -0.2) is 17.9 Å². The molecule has 0 fully saturated rings. The molecule has 2 amide bonds. The third-order valence-corrected chi connectivity index (χ3v) is 7.48. The van der Waals surface area contributed by atoms with Gasteiger partial charge in [0.05, 0.1) is 19.6 Å². The zero-order valence-corrected chi connectivity index (χ0v) is 22.4. The molecule has 0 aliphatic heterocycles. The van der Waals surface area contributed by atoms with Gasteiger partial charge in [0.2, 0.25) is 10.0 Å². The predicted molar refractivity (Wildman–Crippen MR) is 150 cm³/mol. The summed E-state index contributed by atoms with van der Waals surface area (Å²) in [6.45, 7) is 0.326. The number of carboxylic acid groups (broad SMARTS) is 1. The minimum absolute atomic E-state index is 0.100. The van der Waals surface area contributed by atoms with Gasteiger partial charge in [0, 0.05) is 24.6 Å². The summed E-state index contributed by atoms with van der Waals surface area (Å²) in [5, 5.41) is 14.9. The van der Waals surface area contributed by atoms with Crippen molar-refractivity contribution >= 4 is 27.7 Å². The molecule has 10 nitrogen and oxygen atoms in total. The number of carbonyl (C=O) groups is 2. The first kappa shape index (κ1) is 28.3. The third kappa shape index (κ3) is 7.43. The lowest BCUT2D eigenvalue weighted by molar-refractivity contribution is -0.137. The zero-order chi connectivity index (χ0) is 28.5. The summed E-state index contributed by atoms with van der Waals surface area (Å²) in [5.74, 6) is -1.05.